The highest BCUT2D eigenvalue weighted by Crippen LogP contribution is 2.18. The van der Waals surface area contributed by atoms with Crippen LogP contribution >= 0.6 is 0 Å². The van der Waals surface area contributed by atoms with Crippen molar-refractivity contribution >= 4 is 17.9 Å². The number of carbonyl (C=O) groups excluding carboxylic acids is 3. The summed E-state index contributed by atoms with van der Waals surface area (Å²) in [6.07, 6.45) is 5.80. The van der Waals surface area contributed by atoms with Gasteiger partial charge in [0.05, 0.1) is 6.20 Å². The summed E-state index contributed by atoms with van der Waals surface area (Å²) < 4.78 is 4.68. The smallest absolute Gasteiger partial charge is 0.359 e. The number of aromatic nitrogens is 2. The number of amides is 3. The molecule has 100 valence electrons. The van der Waals surface area contributed by atoms with E-state index in [9.17, 15) is 14.4 Å². The summed E-state index contributed by atoms with van der Waals surface area (Å²) >= 11 is 0. The van der Waals surface area contributed by atoms with Gasteiger partial charge < -0.3 is 10.1 Å². The third-order valence-corrected chi connectivity index (χ3v) is 2.27. The minimum atomic E-state index is -0.772. The average molecular weight is 264 g/mol. The summed E-state index contributed by atoms with van der Waals surface area (Å²) in [6.45, 7) is -0.548. The molecule has 0 aliphatic heterocycles. The second-order valence-electron chi connectivity index (χ2n) is 3.96. The highest BCUT2D eigenvalue weighted by Gasteiger charge is 2.24. The Kier molecular flexibility index (Phi) is 4.01. The molecule has 0 aromatic carbocycles. The zero-order chi connectivity index (χ0) is 13.7. The molecule has 0 bridgehead atoms. The first-order chi connectivity index (χ1) is 9.15. The number of nitrogens with zero attached hydrogens (tertiary/aromatic N) is 2. The molecule has 1 aromatic rings. The van der Waals surface area contributed by atoms with Gasteiger partial charge in [-0.1, -0.05) is 0 Å². The van der Waals surface area contributed by atoms with Crippen molar-refractivity contribution < 1.29 is 19.1 Å². The predicted octanol–water partition coefficient (Wildman–Crippen LogP) is -0.378. The highest BCUT2D eigenvalue weighted by molar-refractivity contribution is 5.96. The molecular weight excluding hydrogens is 252 g/mol. The third kappa shape index (κ3) is 4.34. The van der Waals surface area contributed by atoms with E-state index < -0.39 is 24.5 Å². The lowest BCUT2D eigenvalue weighted by Crippen LogP contribution is -2.42. The van der Waals surface area contributed by atoms with E-state index in [1.54, 1.807) is 0 Å². The normalized spacial score (nSPS) is 13.5. The maximum absolute atomic E-state index is 11.4. The lowest BCUT2D eigenvalue weighted by molar-refractivity contribution is -0.123. The number of rotatable bonds is 4. The number of carbonyl (C=O) groups is 3. The number of urea groups is 1. The van der Waals surface area contributed by atoms with Gasteiger partial charge in [-0.15, -0.1) is 0 Å². The molecule has 3 amide bonds. The molecule has 1 saturated carbocycles. The number of esters is 1. The molecule has 8 heteroatoms. The Morgan fingerprint density at radius 3 is 2.74 bits per heavy atom. The van der Waals surface area contributed by atoms with Crippen molar-refractivity contribution in [3.8, 4) is 0 Å². The van der Waals surface area contributed by atoms with E-state index in [2.05, 4.69) is 25.3 Å². The molecule has 1 aromatic heterocycles. The minimum absolute atomic E-state index is 0.00210. The molecule has 0 spiro atoms. The average Bonchev–Trinajstić information content (AvgIpc) is 3.20. The van der Waals surface area contributed by atoms with Gasteiger partial charge in [-0.25, -0.2) is 14.6 Å². The van der Waals surface area contributed by atoms with Gasteiger partial charge in [0.25, 0.3) is 5.91 Å². The van der Waals surface area contributed by atoms with Crippen molar-refractivity contribution in [1.29, 1.82) is 0 Å². The highest BCUT2D eigenvalue weighted by atomic mass is 16.5. The fourth-order valence-corrected chi connectivity index (χ4v) is 1.22. The van der Waals surface area contributed by atoms with Crippen LogP contribution in [0, 0.1) is 0 Å². The van der Waals surface area contributed by atoms with Gasteiger partial charge in [0.15, 0.2) is 12.3 Å². The minimum Gasteiger partial charge on any atom is -0.451 e. The molecule has 8 nitrogen and oxygen atoms in total. The molecule has 19 heavy (non-hydrogen) atoms. The van der Waals surface area contributed by atoms with Crippen LogP contribution in [0.25, 0.3) is 0 Å². The molecule has 1 heterocycles. The molecule has 1 aliphatic rings. The van der Waals surface area contributed by atoms with Crippen molar-refractivity contribution in [3.63, 3.8) is 0 Å². The zero-order valence-corrected chi connectivity index (χ0v) is 9.96. The van der Waals surface area contributed by atoms with Crippen LogP contribution in [0.15, 0.2) is 18.6 Å². The first kappa shape index (κ1) is 12.9. The quantitative estimate of drug-likeness (QED) is 0.717. The van der Waals surface area contributed by atoms with E-state index in [0.717, 1.165) is 12.8 Å². The van der Waals surface area contributed by atoms with Crippen molar-refractivity contribution in [2.24, 2.45) is 0 Å². The molecule has 0 radical (unpaired) electrons. The van der Waals surface area contributed by atoms with Gasteiger partial charge in [0, 0.05) is 18.4 Å². The van der Waals surface area contributed by atoms with Gasteiger partial charge in [0.1, 0.15) is 0 Å². The summed E-state index contributed by atoms with van der Waals surface area (Å²) in [6, 6.07) is -0.432. The second-order valence-corrected chi connectivity index (χ2v) is 3.96. The molecule has 0 atom stereocenters. The summed E-state index contributed by atoms with van der Waals surface area (Å²) in [7, 11) is 0. The summed E-state index contributed by atoms with van der Waals surface area (Å²) in [5.74, 6) is -1.47. The van der Waals surface area contributed by atoms with Crippen molar-refractivity contribution in [2.45, 2.75) is 18.9 Å². The molecule has 2 rings (SSSR count). The topological polar surface area (TPSA) is 110 Å². The summed E-state index contributed by atoms with van der Waals surface area (Å²) in [4.78, 5) is 41.3. The van der Waals surface area contributed by atoms with Crippen molar-refractivity contribution in [2.75, 3.05) is 6.61 Å². The van der Waals surface area contributed by atoms with Crippen LogP contribution in [-0.2, 0) is 9.53 Å². The van der Waals surface area contributed by atoms with Crippen LogP contribution in [0.2, 0.25) is 0 Å². The predicted molar refractivity (Wildman–Crippen MR) is 62.0 cm³/mol. The number of ether oxygens (including phenoxy) is 1. The lowest BCUT2D eigenvalue weighted by atomic mass is 10.4. The van der Waals surface area contributed by atoms with E-state index in [1.165, 1.54) is 18.6 Å². The second kappa shape index (κ2) is 5.89. The fraction of sp³-hybridized carbons (Fsp3) is 0.364. The van der Waals surface area contributed by atoms with Crippen LogP contribution < -0.4 is 10.6 Å². The van der Waals surface area contributed by atoms with Crippen molar-refractivity contribution in [1.82, 2.24) is 20.6 Å². The van der Waals surface area contributed by atoms with Gasteiger partial charge in [-0.3, -0.25) is 15.1 Å². The number of hydrogen-bond acceptors (Lipinski definition) is 6. The standard InChI is InChI=1S/C11H12N4O4/c16-9(15-11(18)14-7-1-2-7)6-19-10(17)8-5-12-3-4-13-8/h3-5,7H,1-2,6H2,(H2,14,15,16,18). The van der Waals surface area contributed by atoms with Gasteiger partial charge in [-0.05, 0) is 12.8 Å². The molecule has 0 saturated heterocycles. The fourth-order valence-electron chi connectivity index (χ4n) is 1.22. The van der Waals surface area contributed by atoms with Gasteiger partial charge >= 0.3 is 12.0 Å². The third-order valence-electron chi connectivity index (χ3n) is 2.27. The Hall–Kier alpha value is -2.51. The zero-order valence-electron chi connectivity index (χ0n) is 9.96. The number of imide groups is 1. The first-order valence-electron chi connectivity index (χ1n) is 5.68. The van der Waals surface area contributed by atoms with Crippen molar-refractivity contribution in [3.05, 3.63) is 24.3 Å². The van der Waals surface area contributed by atoms with Crippen LogP contribution in [0.4, 0.5) is 4.79 Å². The van der Waals surface area contributed by atoms with Gasteiger partial charge in [-0.2, -0.15) is 0 Å². The Morgan fingerprint density at radius 1 is 1.32 bits per heavy atom. The monoisotopic (exact) mass is 264 g/mol. The van der Waals surface area contributed by atoms with Gasteiger partial charge in [0.2, 0.25) is 0 Å². The molecule has 1 aliphatic carbocycles. The van der Waals surface area contributed by atoms with Crippen LogP contribution in [0.5, 0.6) is 0 Å². The molecule has 1 fully saturated rings. The summed E-state index contributed by atoms with van der Waals surface area (Å²) in [5.41, 5.74) is -0.00210. The Bertz CT molecular complexity index is 487. The van der Waals surface area contributed by atoms with E-state index in [-0.39, 0.29) is 11.7 Å². The van der Waals surface area contributed by atoms with E-state index >= 15 is 0 Å². The summed E-state index contributed by atoms with van der Waals surface area (Å²) in [5, 5.41) is 4.63. The maximum Gasteiger partial charge on any atom is 0.359 e. The van der Waals surface area contributed by atoms with Crippen LogP contribution in [0.1, 0.15) is 23.3 Å². The molecular formula is C11H12N4O4. The number of hydrogen-bond donors (Lipinski definition) is 2. The van der Waals surface area contributed by atoms with Crippen LogP contribution in [0.3, 0.4) is 0 Å². The molecule has 2 N–H and O–H groups in total. The molecule has 0 unspecified atom stereocenters. The van der Waals surface area contributed by atoms with E-state index in [4.69, 9.17) is 0 Å². The van der Waals surface area contributed by atoms with E-state index in [1.807, 2.05) is 0 Å². The van der Waals surface area contributed by atoms with Crippen LogP contribution in [-0.4, -0.2) is 40.5 Å². The largest absolute Gasteiger partial charge is 0.451 e. The first-order valence-corrected chi connectivity index (χ1v) is 5.68. The SMILES string of the molecule is O=C(COC(=O)c1cnccn1)NC(=O)NC1CC1. The number of nitrogens with one attached hydrogen (secondary N) is 2. The Balaban J connectivity index is 1.70. The Morgan fingerprint density at radius 2 is 2.11 bits per heavy atom. The van der Waals surface area contributed by atoms with E-state index in [0.29, 0.717) is 0 Å². The maximum atomic E-state index is 11.4. The lowest BCUT2D eigenvalue weighted by Gasteiger charge is -2.06. The Labute approximate surface area is 108 Å².